The highest BCUT2D eigenvalue weighted by Crippen LogP contribution is 2.33. The van der Waals surface area contributed by atoms with Crippen LogP contribution in [0.25, 0.3) is 11.1 Å². The Labute approximate surface area is 255 Å². The molecule has 220 valence electrons. The molecular weight excluding hydrogens is 532 g/mol. The Balaban J connectivity index is 1.25. The molecule has 1 atom stereocenters. The van der Waals surface area contributed by atoms with E-state index >= 15 is 0 Å². The molecule has 5 heteroatoms. The minimum atomic E-state index is -0.647. The molecule has 0 aliphatic carbocycles. The van der Waals surface area contributed by atoms with Crippen LogP contribution in [0.15, 0.2) is 121 Å². The molecule has 5 aromatic rings. The Kier molecular flexibility index (Phi) is 10.2. The van der Waals surface area contributed by atoms with E-state index in [9.17, 15) is 10.2 Å². The fourth-order valence-electron chi connectivity index (χ4n) is 5.33. The topological polar surface area (TPSA) is 65.0 Å². The SMILES string of the molecule is COc1ccc(Nc2ccc(CCN(Cc3ccccc3)C[C@H](O)c3ccc(C)c(CO)c3)cc2)cc1-c1ccccc1. The second-order valence-corrected chi connectivity index (χ2v) is 10.9. The zero-order valence-electron chi connectivity index (χ0n) is 24.9. The molecule has 0 spiro atoms. The fraction of sp³-hybridized carbons (Fsp3) is 0.211. The zero-order valence-corrected chi connectivity index (χ0v) is 24.9. The number of aliphatic hydroxyl groups is 2. The molecule has 0 saturated heterocycles. The monoisotopic (exact) mass is 572 g/mol. The molecule has 5 rings (SSSR count). The van der Waals surface area contributed by atoms with Crippen molar-refractivity contribution in [2.45, 2.75) is 32.6 Å². The largest absolute Gasteiger partial charge is 0.496 e. The fourth-order valence-corrected chi connectivity index (χ4v) is 5.33. The first-order chi connectivity index (χ1) is 21.0. The number of methoxy groups -OCH3 is 1. The first-order valence-electron chi connectivity index (χ1n) is 14.8. The predicted molar refractivity (Wildman–Crippen MR) is 176 cm³/mol. The van der Waals surface area contributed by atoms with Crippen LogP contribution in [0.2, 0.25) is 0 Å². The third-order valence-corrected chi connectivity index (χ3v) is 7.85. The molecule has 0 saturated carbocycles. The van der Waals surface area contributed by atoms with Crippen LogP contribution >= 0.6 is 0 Å². The molecule has 0 aliphatic heterocycles. The van der Waals surface area contributed by atoms with Crippen LogP contribution in [0.4, 0.5) is 11.4 Å². The minimum absolute atomic E-state index is 0.0301. The van der Waals surface area contributed by atoms with Crippen molar-refractivity contribution in [3.05, 3.63) is 149 Å². The lowest BCUT2D eigenvalue weighted by atomic mass is 10.0. The van der Waals surface area contributed by atoms with Crippen LogP contribution in [0, 0.1) is 6.92 Å². The Hall–Kier alpha value is -4.42. The van der Waals surface area contributed by atoms with Gasteiger partial charge in [-0.25, -0.2) is 0 Å². The number of aryl methyl sites for hydroxylation is 1. The lowest BCUT2D eigenvalue weighted by Gasteiger charge is -2.26. The standard InChI is InChI=1S/C38H40N2O3/c1-28-13-16-32(23-33(28)27-41)37(42)26-40(25-30-9-5-3-6-10-30)22-21-29-14-17-34(18-15-29)39-35-19-20-38(43-2)36(24-35)31-11-7-4-8-12-31/h3-20,23-24,37,39,41-42H,21-22,25-27H2,1-2H3/t37-/m0/s1. The van der Waals surface area contributed by atoms with E-state index in [1.165, 1.54) is 11.1 Å². The molecule has 5 nitrogen and oxygen atoms in total. The first kappa shape index (κ1) is 30.1. The van der Waals surface area contributed by atoms with Crippen LogP contribution in [-0.2, 0) is 19.6 Å². The van der Waals surface area contributed by atoms with E-state index in [4.69, 9.17) is 4.74 Å². The molecule has 0 fully saturated rings. The molecule has 43 heavy (non-hydrogen) atoms. The number of benzene rings is 5. The van der Waals surface area contributed by atoms with Crippen molar-refractivity contribution < 1.29 is 14.9 Å². The van der Waals surface area contributed by atoms with Gasteiger partial charge in [-0.1, -0.05) is 91.0 Å². The summed E-state index contributed by atoms with van der Waals surface area (Å²) in [6, 6.07) is 41.2. The van der Waals surface area contributed by atoms with E-state index in [2.05, 4.69) is 76.9 Å². The highest BCUT2D eigenvalue weighted by Gasteiger charge is 2.16. The lowest BCUT2D eigenvalue weighted by Crippen LogP contribution is -2.30. The Bertz CT molecular complexity index is 1590. The van der Waals surface area contributed by atoms with E-state index in [1.54, 1.807) is 7.11 Å². The van der Waals surface area contributed by atoms with Crippen LogP contribution in [0.5, 0.6) is 5.75 Å². The molecular formula is C38H40N2O3. The summed E-state index contributed by atoms with van der Waals surface area (Å²) in [6.07, 6.45) is 0.211. The van der Waals surface area contributed by atoms with E-state index < -0.39 is 6.10 Å². The molecule has 0 unspecified atom stereocenters. The smallest absolute Gasteiger partial charge is 0.126 e. The summed E-state index contributed by atoms with van der Waals surface area (Å²) in [5.74, 6) is 0.841. The van der Waals surface area contributed by atoms with Crippen molar-refractivity contribution in [2.24, 2.45) is 0 Å². The van der Waals surface area contributed by atoms with Gasteiger partial charge >= 0.3 is 0 Å². The first-order valence-corrected chi connectivity index (χ1v) is 14.8. The molecule has 0 amide bonds. The summed E-state index contributed by atoms with van der Waals surface area (Å²) >= 11 is 0. The van der Waals surface area contributed by atoms with E-state index in [1.807, 2.05) is 61.5 Å². The van der Waals surface area contributed by atoms with Crippen LogP contribution in [0.1, 0.15) is 33.9 Å². The van der Waals surface area contributed by atoms with E-state index in [-0.39, 0.29) is 6.61 Å². The highest BCUT2D eigenvalue weighted by molar-refractivity contribution is 5.76. The van der Waals surface area contributed by atoms with Crippen molar-refractivity contribution in [1.82, 2.24) is 4.90 Å². The van der Waals surface area contributed by atoms with E-state index in [0.717, 1.165) is 64.5 Å². The molecule has 0 aliphatic rings. The second kappa shape index (κ2) is 14.7. The van der Waals surface area contributed by atoms with Gasteiger partial charge in [-0.3, -0.25) is 4.90 Å². The number of hydrogen-bond acceptors (Lipinski definition) is 5. The van der Waals surface area contributed by atoms with Crippen molar-refractivity contribution in [1.29, 1.82) is 0 Å². The summed E-state index contributed by atoms with van der Waals surface area (Å²) in [4.78, 5) is 2.30. The highest BCUT2D eigenvalue weighted by atomic mass is 16.5. The van der Waals surface area contributed by atoms with Crippen molar-refractivity contribution in [2.75, 3.05) is 25.5 Å². The minimum Gasteiger partial charge on any atom is -0.496 e. The quantitative estimate of drug-likeness (QED) is 0.135. The van der Waals surface area contributed by atoms with Gasteiger partial charge in [0.05, 0.1) is 19.8 Å². The number of nitrogens with one attached hydrogen (secondary N) is 1. The van der Waals surface area contributed by atoms with Gasteiger partial charge in [0.25, 0.3) is 0 Å². The number of ether oxygens (including phenoxy) is 1. The number of hydrogen-bond donors (Lipinski definition) is 3. The zero-order chi connectivity index (χ0) is 30.0. The maximum atomic E-state index is 11.1. The van der Waals surface area contributed by atoms with Gasteiger partial charge in [-0.15, -0.1) is 0 Å². The van der Waals surface area contributed by atoms with E-state index in [0.29, 0.717) is 6.54 Å². The van der Waals surface area contributed by atoms with Gasteiger partial charge in [-0.2, -0.15) is 0 Å². The van der Waals surface area contributed by atoms with Crippen LogP contribution < -0.4 is 10.1 Å². The Morgan fingerprint density at radius 3 is 2.16 bits per heavy atom. The maximum Gasteiger partial charge on any atom is 0.126 e. The predicted octanol–water partition coefficient (Wildman–Crippen LogP) is 7.68. The van der Waals surface area contributed by atoms with Gasteiger partial charge < -0.3 is 20.3 Å². The second-order valence-electron chi connectivity index (χ2n) is 10.9. The van der Waals surface area contributed by atoms with Gasteiger partial charge in [-0.05, 0) is 77.1 Å². The number of aliphatic hydroxyl groups excluding tert-OH is 2. The Morgan fingerprint density at radius 2 is 1.47 bits per heavy atom. The molecule has 0 bridgehead atoms. The summed E-state index contributed by atoms with van der Waals surface area (Å²) in [7, 11) is 1.70. The average Bonchev–Trinajstić information content (AvgIpc) is 3.05. The third kappa shape index (κ3) is 8.11. The van der Waals surface area contributed by atoms with Crippen molar-refractivity contribution in [3.63, 3.8) is 0 Å². The maximum absolute atomic E-state index is 11.1. The van der Waals surface area contributed by atoms with Crippen molar-refractivity contribution >= 4 is 11.4 Å². The average molecular weight is 573 g/mol. The lowest BCUT2D eigenvalue weighted by molar-refractivity contribution is 0.109. The van der Waals surface area contributed by atoms with Crippen LogP contribution in [-0.4, -0.2) is 35.3 Å². The summed E-state index contributed by atoms with van der Waals surface area (Å²) in [5.41, 5.74) is 9.33. The number of rotatable bonds is 13. The molecule has 3 N–H and O–H groups in total. The summed E-state index contributed by atoms with van der Waals surface area (Å²) < 4.78 is 5.61. The summed E-state index contributed by atoms with van der Waals surface area (Å²) in [6.45, 7) is 4.00. The van der Waals surface area contributed by atoms with Crippen LogP contribution in [0.3, 0.4) is 0 Å². The number of nitrogens with zero attached hydrogens (tertiary/aromatic N) is 1. The molecule has 5 aromatic carbocycles. The number of anilines is 2. The van der Waals surface area contributed by atoms with Gasteiger partial charge in [0.2, 0.25) is 0 Å². The Morgan fingerprint density at radius 1 is 0.767 bits per heavy atom. The normalized spacial score (nSPS) is 11.8. The van der Waals surface area contributed by atoms with Gasteiger partial charge in [0.15, 0.2) is 0 Å². The third-order valence-electron chi connectivity index (χ3n) is 7.85. The van der Waals surface area contributed by atoms with Crippen molar-refractivity contribution in [3.8, 4) is 16.9 Å². The summed E-state index contributed by atoms with van der Waals surface area (Å²) in [5, 5.41) is 24.4. The molecule has 0 radical (unpaired) electrons. The van der Waals surface area contributed by atoms with Gasteiger partial charge in [0, 0.05) is 36.6 Å². The van der Waals surface area contributed by atoms with Gasteiger partial charge in [0.1, 0.15) is 5.75 Å². The molecule has 0 aromatic heterocycles. The molecule has 0 heterocycles.